The van der Waals surface area contributed by atoms with Crippen molar-refractivity contribution in [1.82, 2.24) is 9.78 Å². The van der Waals surface area contributed by atoms with Gasteiger partial charge in [0.05, 0.1) is 5.69 Å². The van der Waals surface area contributed by atoms with Crippen molar-refractivity contribution in [2.75, 3.05) is 0 Å². The van der Waals surface area contributed by atoms with Gasteiger partial charge in [-0.05, 0) is 12.5 Å². The van der Waals surface area contributed by atoms with Crippen LogP contribution in [0.15, 0.2) is 12.3 Å². The normalized spacial score (nSPS) is 9.70. The molecule has 0 radical (unpaired) electrons. The second kappa shape index (κ2) is 2.51. The first-order chi connectivity index (χ1) is 4.74. The van der Waals surface area contributed by atoms with E-state index in [4.69, 9.17) is 5.73 Å². The average molecular weight is 139 g/mol. The van der Waals surface area contributed by atoms with Crippen LogP contribution < -0.4 is 5.73 Å². The van der Waals surface area contributed by atoms with Crippen LogP contribution in [-0.2, 0) is 6.42 Å². The number of primary amides is 1. The molecule has 0 fully saturated rings. The van der Waals surface area contributed by atoms with Gasteiger partial charge in [0.25, 0.3) is 0 Å². The van der Waals surface area contributed by atoms with Crippen molar-refractivity contribution in [3.8, 4) is 0 Å². The van der Waals surface area contributed by atoms with E-state index < -0.39 is 6.03 Å². The van der Waals surface area contributed by atoms with Gasteiger partial charge >= 0.3 is 6.03 Å². The number of nitrogens with zero attached hydrogens (tertiary/aromatic N) is 2. The Bertz CT molecular complexity index is 241. The van der Waals surface area contributed by atoms with Crippen molar-refractivity contribution in [3.05, 3.63) is 18.0 Å². The predicted molar refractivity (Wildman–Crippen MR) is 36.6 cm³/mol. The van der Waals surface area contributed by atoms with E-state index in [2.05, 4.69) is 5.10 Å². The highest BCUT2D eigenvalue weighted by molar-refractivity contribution is 5.73. The van der Waals surface area contributed by atoms with Gasteiger partial charge in [0.1, 0.15) is 0 Å². The zero-order valence-electron chi connectivity index (χ0n) is 5.74. The number of carbonyl (C=O) groups is 1. The lowest BCUT2D eigenvalue weighted by molar-refractivity contribution is 0.247. The average Bonchev–Trinajstić information content (AvgIpc) is 2.34. The number of amides is 1. The zero-order chi connectivity index (χ0) is 7.56. The van der Waals surface area contributed by atoms with Crippen LogP contribution in [0.2, 0.25) is 0 Å². The van der Waals surface area contributed by atoms with Crippen LogP contribution in [0.4, 0.5) is 4.79 Å². The van der Waals surface area contributed by atoms with E-state index in [1.807, 2.05) is 6.92 Å². The Morgan fingerprint density at radius 3 is 2.90 bits per heavy atom. The van der Waals surface area contributed by atoms with Gasteiger partial charge in [0.15, 0.2) is 0 Å². The van der Waals surface area contributed by atoms with Crippen molar-refractivity contribution < 1.29 is 4.79 Å². The van der Waals surface area contributed by atoms with Gasteiger partial charge in [-0.15, -0.1) is 0 Å². The molecule has 1 aromatic rings. The lowest BCUT2D eigenvalue weighted by atomic mass is 10.4. The van der Waals surface area contributed by atoms with Gasteiger partial charge in [-0.1, -0.05) is 6.92 Å². The summed E-state index contributed by atoms with van der Waals surface area (Å²) in [5, 5.41) is 3.87. The number of rotatable bonds is 1. The van der Waals surface area contributed by atoms with Crippen molar-refractivity contribution >= 4 is 6.03 Å². The van der Waals surface area contributed by atoms with Crippen LogP contribution in [0.3, 0.4) is 0 Å². The Labute approximate surface area is 58.6 Å². The standard InChI is InChI=1S/C6H9N3O/c1-2-5-3-4-9(8-5)6(7)10/h3-4H,2H2,1H3,(H2,7,10). The van der Waals surface area contributed by atoms with Gasteiger partial charge in [-0.25, -0.2) is 4.79 Å². The number of hydrogen-bond donors (Lipinski definition) is 1. The van der Waals surface area contributed by atoms with Crippen LogP contribution in [0.5, 0.6) is 0 Å². The highest BCUT2D eigenvalue weighted by Gasteiger charge is 1.98. The molecule has 2 N–H and O–H groups in total. The maximum atomic E-state index is 10.5. The fourth-order valence-electron chi connectivity index (χ4n) is 0.673. The minimum Gasteiger partial charge on any atom is -0.350 e. The maximum Gasteiger partial charge on any atom is 0.339 e. The summed E-state index contributed by atoms with van der Waals surface area (Å²) in [5.74, 6) is 0. The van der Waals surface area contributed by atoms with E-state index in [9.17, 15) is 4.79 Å². The molecular formula is C6H9N3O. The van der Waals surface area contributed by atoms with E-state index in [1.165, 1.54) is 0 Å². The third-order valence-electron chi connectivity index (χ3n) is 1.23. The van der Waals surface area contributed by atoms with Crippen molar-refractivity contribution in [2.45, 2.75) is 13.3 Å². The molecule has 0 spiro atoms. The molecule has 0 saturated carbocycles. The van der Waals surface area contributed by atoms with Crippen LogP contribution >= 0.6 is 0 Å². The van der Waals surface area contributed by atoms with E-state index in [0.717, 1.165) is 16.8 Å². The second-order valence-electron chi connectivity index (χ2n) is 1.94. The number of nitrogens with two attached hydrogens (primary N) is 1. The van der Waals surface area contributed by atoms with Crippen LogP contribution in [0.25, 0.3) is 0 Å². The molecule has 4 heteroatoms. The van der Waals surface area contributed by atoms with E-state index in [-0.39, 0.29) is 0 Å². The third-order valence-corrected chi connectivity index (χ3v) is 1.23. The molecule has 1 amide bonds. The van der Waals surface area contributed by atoms with Crippen molar-refractivity contribution in [2.24, 2.45) is 5.73 Å². The molecule has 0 aromatic carbocycles. The zero-order valence-corrected chi connectivity index (χ0v) is 5.74. The molecule has 0 aliphatic heterocycles. The van der Waals surface area contributed by atoms with Gasteiger partial charge in [0, 0.05) is 6.20 Å². The van der Waals surface area contributed by atoms with Crippen molar-refractivity contribution in [3.63, 3.8) is 0 Å². The molecule has 4 nitrogen and oxygen atoms in total. The highest BCUT2D eigenvalue weighted by atomic mass is 16.2. The number of hydrogen-bond acceptors (Lipinski definition) is 2. The molecule has 1 heterocycles. The minimum absolute atomic E-state index is 0.542. The van der Waals surface area contributed by atoms with E-state index in [1.54, 1.807) is 12.3 Å². The lowest BCUT2D eigenvalue weighted by Gasteiger charge is -1.89. The lowest BCUT2D eigenvalue weighted by Crippen LogP contribution is -2.19. The summed E-state index contributed by atoms with van der Waals surface area (Å²) in [6.07, 6.45) is 2.38. The molecule has 1 rings (SSSR count). The minimum atomic E-state index is -0.542. The Morgan fingerprint density at radius 2 is 2.60 bits per heavy atom. The molecular weight excluding hydrogens is 130 g/mol. The fraction of sp³-hybridized carbons (Fsp3) is 0.333. The van der Waals surface area contributed by atoms with Crippen LogP contribution in [0.1, 0.15) is 12.6 Å². The fourth-order valence-corrected chi connectivity index (χ4v) is 0.673. The quantitative estimate of drug-likeness (QED) is 0.611. The van der Waals surface area contributed by atoms with Crippen LogP contribution in [-0.4, -0.2) is 15.8 Å². The molecule has 1 aromatic heterocycles. The first kappa shape index (κ1) is 6.80. The molecule has 0 atom stereocenters. The van der Waals surface area contributed by atoms with Gasteiger partial charge in [-0.2, -0.15) is 9.78 Å². The Balaban J connectivity index is 2.88. The summed E-state index contributed by atoms with van der Waals surface area (Å²) in [6.45, 7) is 1.97. The Morgan fingerprint density at radius 1 is 1.90 bits per heavy atom. The molecule has 0 aliphatic carbocycles. The van der Waals surface area contributed by atoms with Gasteiger partial charge in [-0.3, -0.25) is 0 Å². The second-order valence-corrected chi connectivity index (χ2v) is 1.94. The SMILES string of the molecule is CCc1ccn(C(N)=O)n1. The van der Waals surface area contributed by atoms with Crippen LogP contribution in [0, 0.1) is 0 Å². The largest absolute Gasteiger partial charge is 0.350 e. The number of aromatic nitrogens is 2. The molecule has 0 saturated heterocycles. The summed E-state index contributed by atoms with van der Waals surface area (Å²) < 4.78 is 1.12. The number of carbonyl (C=O) groups excluding carboxylic acids is 1. The van der Waals surface area contributed by atoms with Gasteiger partial charge < -0.3 is 5.73 Å². The summed E-state index contributed by atoms with van der Waals surface area (Å²) in [4.78, 5) is 10.5. The highest BCUT2D eigenvalue weighted by Crippen LogP contribution is 1.94. The van der Waals surface area contributed by atoms with E-state index >= 15 is 0 Å². The molecule has 54 valence electrons. The summed E-state index contributed by atoms with van der Waals surface area (Å²) in [7, 11) is 0. The van der Waals surface area contributed by atoms with Crippen molar-refractivity contribution in [1.29, 1.82) is 0 Å². The first-order valence-corrected chi connectivity index (χ1v) is 3.08. The summed E-state index contributed by atoms with van der Waals surface area (Å²) in [5.41, 5.74) is 5.82. The molecule has 0 aliphatic rings. The summed E-state index contributed by atoms with van der Waals surface area (Å²) >= 11 is 0. The molecule has 10 heavy (non-hydrogen) atoms. The smallest absolute Gasteiger partial charge is 0.339 e. The number of aryl methyl sites for hydroxylation is 1. The monoisotopic (exact) mass is 139 g/mol. The third kappa shape index (κ3) is 1.15. The maximum absolute atomic E-state index is 10.5. The van der Waals surface area contributed by atoms with Gasteiger partial charge in [0.2, 0.25) is 0 Å². The Hall–Kier alpha value is -1.32. The van der Waals surface area contributed by atoms with E-state index in [0.29, 0.717) is 0 Å². The first-order valence-electron chi connectivity index (χ1n) is 3.08. The molecule has 0 unspecified atom stereocenters. The Kier molecular flexibility index (Phi) is 1.71. The molecule has 0 bridgehead atoms. The topological polar surface area (TPSA) is 60.9 Å². The predicted octanol–water partition coefficient (Wildman–Crippen LogP) is 0.372. The summed E-state index contributed by atoms with van der Waals surface area (Å²) in [6, 6.07) is 1.23.